The van der Waals surface area contributed by atoms with E-state index in [1.807, 2.05) is 12.4 Å². The van der Waals surface area contributed by atoms with E-state index in [9.17, 15) is 0 Å². The molecule has 4 aromatic rings. The van der Waals surface area contributed by atoms with Crippen molar-refractivity contribution < 1.29 is 12.4 Å². The van der Waals surface area contributed by atoms with E-state index in [1.165, 1.54) is 27.0 Å². The van der Waals surface area contributed by atoms with Crippen molar-refractivity contribution in [3.8, 4) is 11.1 Å². The lowest BCUT2D eigenvalue weighted by Gasteiger charge is -2.25. The second kappa shape index (κ2) is 9.85. The first kappa shape index (κ1) is 22.1. The summed E-state index contributed by atoms with van der Waals surface area (Å²) in [5.41, 5.74) is 2.51. The summed E-state index contributed by atoms with van der Waals surface area (Å²) in [6, 6.07) is 34.8. The van der Waals surface area contributed by atoms with Crippen molar-refractivity contribution in [2.45, 2.75) is 0 Å². The number of rotatable bonds is 4. The Labute approximate surface area is 180 Å². The largest absolute Gasteiger partial charge is 1.00 e. The Kier molecular flexibility index (Phi) is 7.78. The zero-order chi connectivity index (χ0) is 17.8. The summed E-state index contributed by atoms with van der Waals surface area (Å²) in [4.78, 5) is 4.19. The minimum Gasteiger partial charge on any atom is -1.00 e. The van der Waals surface area contributed by atoms with Crippen molar-refractivity contribution in [3.05, 3.63) is 109 Å². The zero-order valence-electron chi connectivity index (χ0n) is 15.6. The highest BCUT2D eigenvalue weighted by Crippen LogP contribution is 2.53. The molecule has 142 valence electrons. The third kappa shape index (κ3) is 4.13. The predicted octanol–water partition coefficient (Wildman–Crippen LogP) is 2.10. The van der Waals surface area contributed by atoms with E-state index >= 15 is 0 Å². The molecule has 0 saturated heterocycles. The molecule has 4 rings (SSSR count). The zero-order valence-corrected chi connectivity index (χ0v) is 18.0. The Morgan fingerprint density at radius 2 is 1.07 bits per heavy atom. The van der Waals surface area contributed by atoms with Crippen molar-refractivity contribution in [3.63, 3.8) is 0 Å². The predicted molar refractivity (Wildman–Crippen MR) is 122 cm³/mol. The highest BCUT2D eigenvalue weighted by molar-refractivity contribution is 7.95. The second-order valence-electron chi connectivity index (χ2n) is 6.43. The van der Waals surface area contributed by atoms with Crippen LogP contribution in [0.4, 0.5) is 0 Å². The fraction of sp³-hybridized carbons (Fsp3) is 0.0417. The molecule has 1 aromatic heterocycles. The standard InChI is InChI=1S/C24H21NP.2ClH/c1-26(21-10-4-2-5-11-21,22-12-6-3-7-13-22)24-15-9-8-14-23(24)20-16-18-25-19-17-20;;/h2-19H,1H3;2*1H/q+1;;/p-1. The van der Waals surface area contributed by atoms with Gasteiger partial charge in [0.05, 0.1) is 6.66 Å². The lowest BCUT2D eigenvalue weighted by atomic mass is 10.1. The van der Waals surface area contributed by atoms with Gasteiger partial charge in [-0.3, -0.25) is 4.98 Å². The molecule has 0 bridgehead atoms. The first-order chi connectivity index (χ1) is 12.8. The van der Waals surface area contributed by atoms with Crippen molar-refractivity contribution >= 4 is 35.6 Å². The third-order valence-electron chi connectivity index (χ3n) is 4.92. The van der Waals surface area contributed by atoms with Crippen LogP contribution in [-0.2, 0) is 0 Å². The molecule has 1 heterocycles. The van der Waals surface area contributed by atoms with Gasteiger partial charge < -0.3 is 12.4 Å². The molecule has 28 heavy (non-hydrogen) atoms. The van der Waals surface area contributed by atoms with Crippen molar-refractivity contribution in [1.29, 1.82) is 0 Å². The normalized spacial score (nSPS) is 10.5. The van der Waals surface area contributed by atoms with Gasteiger partial charge in [-0.15, -0.1) is 12.4 Å². The molecule has 0 unspecified atom stereocenters. The number of aromatic nitrogens is 1. The quantitative estimate of drug-likeness (QED) is 0.456. The average molecular weight is 426 g/mol. The van der Waals surface area contributed by atoms with Gasteiger partial charge in [-0.05, 0) is 48.0 Å². The van der Waals surface area contributed by atoms with Crippen molar-refractivity contribution in [2.24, 2.45) is 0 Å². The molecule has 0 aliphatic heterocycles. The number of hydrogen-bond acceptors (Lipinski definition) is 1. The molecule has 0 atom stereocenters. The van der Waals surface area contributed by atoms with Gasteiger partial charge in [0.2, 0.25) is 0 Å². The molecule has 0 fully saturated rings. The van der Waals surface area contributed by atoms with E-state index < -0.39 is 7.26 Å². The Morgan fingerprint density at radius 3 is 1.61 bits per heavy atom. The lowest BCUT2D eigenvalue weighted by Crippen LogP contribution is -3.00. The maximum atomic E-state index is 4.19. The highest BCUT2D eigenvalue weighted by Gasteiger charge is 2.41. The summed E-state index contributed by atoms with van der Waals surface area (Å²) in [6.45, 7) is 2.43. The van der Waals surface area contributed by atoms with E-state index in [4.69, 9.17) is 0 Å². The fourth-order valence-electron chi connectivity index (χ4n) is 3.52. The Morgan fingerprint density at radius 1 is 0.607 bits per heavy atom. The van der Waals surface area contributed by atoms with Crippen LogP contribution in [0.5, 0.6) is 0 Å². The van der Waals surface area contributed by atoms with Crippen LogP contribution in [0, 0.1) is 0 Å². The number of nitrogens with zero attached hydrogens (tertiary/aromatic N) is 1. The summed E-state index contributed by atoms with van der Waals surface area (Å²) in [6.07, 6.45) is 3.74. The van der Waals surface area contributed by atoms with Gasteiger partial charge in [0, 0.05) is 18.0 Å². The molecule has 3 aromatic carbocycles. The van der Waals surface area contributed by atoms with Gasteiger partial charge >= 0.3 is 0 Å². The second-order valence-corrected chi connectivity index (χ2v) is 9.96. The van der Waals surface area contributed by atoms with E-state index in [2.05, 4.69) is 109 Å². The smallest absolute Gasteiger partial charge is 0.112 e. The number of benzene rings is 3. The number of halogens is 2. The molecule has 0 aliphatic carbocycles. The Bertz CT molecular complexity index is 953. The fourth-order valence-corrected chi connectivity index (χ4v) is 6.98. The van der Waals surface area contributed by atoms with Crippen molar-refractivity contribution in [2.75, 3.05) is 6.66 Å². The van der Waals surface area contributed by atoms with Gasteiger partial charge in [-0.25, -0.2) is 0 Å². The molecule has 0 aliphatic rings. The maximum absolute atomic E-state index is 4.19. The van der Waals surface area contributed by atoms with Crippen LogP contribution in [0.2, 0.25) is 0 Å². The third-order valence-corrected chi connectivity index (χ3v) is 8.94. The molecule has 1 nitrogen and oxygen atoms in total. The first-order valence-corrected chi connectivity index (χ1v) is 11.0. The summed E-state index contributed by atoms with van der Waals surface area (Å²) >= 11 is 0. The maximum Gasteiger partial charge on any atom is 0.112 e. The Balaban J connectivity index is 0.00000140. The van der Waals surface area contributed by atoms with E-state index in [-0.39, 0.29) is 24.8 Å². The summed E-state index contributed by atoms with van der Waals surface area (Å²) in [5.74, 6) is 0. The van der Waals surface area contributed by atoms with Gasteiger partial charge in [0.1, 0.15) is 23.2 Å². The molecule has 4 heteroatoms. The highest BCUT2D eigenvalue weighted by atomic mass is 35.5. The van der Waals surface area contributed by atoms with Gasteiger partial charge in [-0.1, -0.05) is 54.6 Å². The summed E-state index contributed by atoms with van der Waals surface area (Å²) < 4.78 is 0. The molecule has 0 amide bonds. The van der Waals surface area contributed by atoms with Crippen LogP contribution in [0.15, 0.2) is 109 Å². The lowest BCUT2D eigenvalue weighted by molar-refractivity contribution is -0.00000525. The van der Waals surface area contributed by atoms with Crippen LogP contribution in [-0.4, -0.2) is 11.6 Å². The topological polar surface area (TPSA) is 12.9 Å². The molecule has 0 spiro atoms. The van der Waals surface area contributed by atoms with Crippen LogP contribution < -0.4 is 28.3 Å². The van der Waals surface area contributed by atoms with Crippen LogP contribution >= 0.6 is 19.7 Å². The van der Waals surface area contributed by atoms with Crippen molar-refractivity contribution in [1.82, 2.24) is 4.98 Å². The van der Waals surface area contributed by atoms with Gasteiger partial charge in [0.15, 0.2) is 0 Å². The van der Waals surface area contributed by atoms with E-state index in [0.29, 0.717) is 0 Å². The van der Waals surface area contributed by atoms with Crippen LogP contribution in [0.1, 0.15) is 0 Å². The summed E-state index contributed by atoms with van der Waals surface area (Å²) in [5, 5.41) is 4.20. The minimum atomic E-state index is -1.75. The van der Waals surface area contributed by atoms with Gasteiger partial charge in [0.25, 0.3) is 0 Å². The Hall–Kier alpha value is -2.18. The summed E-state index contributed by atoms with van der Waals surface area (Å²) in [7, 11) is -1.75. The van der Waals surface area contributed by atoms with Gasteiger partial charge in [-0.2, -0.15) is 0 Å². The van der Waals surface area contributed by atoms with E-state index in [0.717, 1.165) is 0 Å². The molecule has 0 saturated carbocycles. The average Bonchev–Trinajstić information content (AvgIpc) is 2.75. The molecular weight excluding hydrogens is 404 g/mol. The number of pyridine rings is 1. The molecule has 0 N–H and O–H groups in total. The van der Waals surface area contributed by atoms with Crippen LogP contribution in [0.25, 0.3) is 11.1 Å². The van der Waals surface area contributed by atoms with E-state index in [1.54, 1.807) is 0 Å². The SMILES string of the molecule is C[P+](c1ccccc1)(c1ccccc1)c1ccccc1-c1ccncc1.Cl.[Cl-]. The molecule has 0 radical (unpaired) electrons. The van der Waals surface area contributed by atoms with Crippen LogP contribution in [0.3, 0.4) is 0 Å². The molecular formula is C24H22Cl2NP. The number of hydrogen-bond donors (Lipinski definition) is 0. The first-order valence-electron chi connectivity index (χ1n) is 8.78. The minimum absolute atomic E-state index is 0. The monoisotopic (exact) mass is 425 g/mol.